The number of nitrogens with one attached hydrogen (secondary N) is 1. The van der Waals surface area contributed by atoms with Crippen LogP contribution < -0.4 is 10.2 Å². The molecule has 3 aromatic rings. The molecule has 0 saturated heterocycles. The van der Waals surface area contributed by atoms with Gasteiger partial charge in [-0.3, -0.25) is 4.79 Å². The van der Waals surface area contributed by atoms with Crippen molar-refractivity contribution in [3.05, 3.63) is 106 Å². The molecule has 1 amide bonds. The fourth-order valence-electron chi connectivity index (χ4n) is 2.62. The van der Waals surface area contributed by atoms with E-state index < -0.39 is 0 Å². The van der Waals surface area contributed by atoms with Crippen LogP contribution in [0.1, 0.15) is 28.4 Å². The first-order valence-electron chi connectivity index (χ1n) is 9.15. The molecule has 4 nitrogen and oxygen atoms in total. The summed E-state index contributed by atoms with van der Waals surface area (Å²) < 4.78 is 5.82. The van der Waals surface area contributed by atoms with Crippen LogP contribution in [0.3, 0.4) is 0 Å². The first kappa shape index (κ1) is 20.4. The van der Waals surface area contributed by atoms with Gasteiger partial charge in [0, 0.05) is 5.02 Å². The summed E-state index contributed by atoms with van der Waals surface area (Å²) in [6.45, 7) is 2.26. The zero-order valence-electron chi connectivity index (χ0n) is 16.0. The smallest absolute Gasteiger partial charge is 0.275 e. The monoisotopic (exact) mass is 404 g/mol. The summed E-state index contributed by atoms with van der Waals surface area (Å²) in [7, 11) is 0. The van der Waals surface area contributed by atoms with Crippen LogP contribution in [0, 0.1) is 0 Å². The number of rotatable bonds is 7. The van der Waals surface area contributed by atoms with Gasteiger partial charge in [0.2, 0.25) is 0 Å². The van der Waals surface area contributed by atoms with Crippen molar-refractivity contribution in [3.63, 3.8) is 0 Å². The van der Waals surface area contributed by atoms with E-state index in [1.54, 1.807) is 36.5 Å². The van der Waals surface area contributed by atoms with E-state index in [4.69, 9.17) is 16.3 Å². The number of ether oxygens (including phenoxy) is 1. The molecule has 0 bridgehead atoms. The number of hydrogen-bond acceptors (Lipinski definition) is 3. The number of halogens is 1. The number of nitrogens with zero attached hydrogens (tertiary/aromatic N) is 1. The molecule has 0 atom stereocenters. The Morgan fingerprint density at radius 3 is 2.45 bits per heavy atom. The van der Waals surface area contributed by atoms with Gasteiger partial charge in [-0.1, -0.05) is 72.3 Å². The summed E-state index contributed by atoms with van der Waals surface area (Å²) in [5, 5.41) is 4.72. The number of hydrazone groups is 1. The number of allylic oxidation sites excluding steroid dienone is 1. The summed E-state index contributed by atoms with van der Waals surface area (Å²) >= 11 is 5.90. The van der Waals surface area contributed by atoms with E-state index in [9.17, 15) is 4.79 Å². The Morgan fingerprint density at radius 2 is 1.69 bits per heavy atom. The zero-order chi connectivity index (χ0) is 20.5. The minimum Gasteiger partial charge on any atom is -0.488 e. The second-order valence-corrected chi connectivity index (χ2v) is 6.85. The summed E-state index contributed by atoms with van der Waals surface area (Å²) in [5.74, 6) is 0.159. The number of carbonyl (C=O) groups is 1. The highest BCUT2D eigenvalue weighted by Crippen LogP contribution is 2.20. The largest absolute Gasteiger partial charge is 0.488 e. The predicted molar refractivity (Wildman–Crippen MR) is 118 cm³/mol. The molecule has 5 heteroatoms. The Hall–Kier alpha value is -3.37. The lowest BCUT2D eigenvalue weighted by Gasteiger charge is -2.10. The maximum Gasteiger partial charge on any atom is 0.275 e. The molecule has 146 valence electrons. The van der Waals surface area contributed by atoms with Crippen molar-refractivity contribution < 1.29 is 9.53 Å². The molecule has 3 rings (SSSR count). The summed E-state index contributed by atoms with van der Waals surface area (Å²) in [4.78, 5) is 12.5. The van der Waals surface area contributed by atoms with Gasteiger partial charge < -0.3 is 4.74 Å². The first-order valence-corrected chi connectivity index (χ1v) is 9.52. The van der Waals surface area contributed by atoms with Gasteiger partial charge in [0.15, 0.2) is 0 Å². The molecule has 0 aliphatic carbocycles. The molecule has 0 aliphatic heterocycles. The Kier molecular flexibility index (Phi) is 7.20. The molecule has 0 saturated carbocycles. The highest BCUT2D eigenvalue weighted by atomic mass is 35.5. The average molecular weight is 405 g/mol. The van der Waals surface area contributed by atoms with Gasteiger partial charge in [-0.25, -0.2) is 5.43 Å². The highest BCUT2D eigenvalue weighted by Gasteiger charge is 2.11. The Morgan fingerprint density at radius 1 is 1.00 bits per heavy atom. The van der Waals surface area contributed by atoms with E-state index in [0.29, 0.717) is 22.9 Å². The molecular weight excluding hydrogens is 384 g/mol. The van der Waals surface area contributed by atoms with Crippen molar-refractivity contribution in [1.29, 1.82) is 0 Å². The molecule has 0 aliphatic rings. The zero-order valence-corrected chi connectivity index (χ0v) is 16.8. The number of amides is 1. The highest BCUT2D eigenvalue weighted by molar-refractivity contribution is 6.30. The van der Waals surface area contributed by atoms with Gasteiger partial charge >= 0.3 is 0 Å². The molecule has 0 radical (unpaired) electrons. The fraction of sp³-hybridized carbons (Fsp3) is 0.0833. The SMILES string of the molecule is CC(C=NNC(=O)c1ccccc1OCc1ccc(Cl)cc1)=Cc1ccccc1. The van der Waals surface area contributed by atoms with Crippen LogP contribution in [0.5, 0.6) is 5.75 Å². The Labute approximate surface area is 175 Å². The maximum absolute atomic E-state index is 12.5. The molecule has 0 heterocycles. The standard InChI is InChI=1S/C24H21ClN2O2/c1-18(15-19-7-3-2-4-8-19)16-26-27-24(28)22-9-5-6-10-23(22)29-17-20-11-13-21(25)14-12-20/h2-16H,17H2,1H3,(H,27,28). The fourth-order valence-corrected chi connectivity index (χ4v) is 2.75. The molecule has 0 spiro atoms. The lowest BCUT2D eigenvalue weighted by atomic mass is 10.1. The van der Waals surface area contributed by atoms with Crippen LogP contribution in [0.25, 0.3) is 6.08 Å². The van der Waals surface area contributed by atoms with Crippen LogP contribution in [0.15, 0.2) is 89.5 Å². The molecule has 0 fully saturated rings. The van der Waals surface area contributed by atoms with Gasteiger partial charge in [-0.15, -0.1) is 0 Å². The number of para-hydroxylation sites is 1. The quantitative estimate of drug-likeness (QED) is 0.403. The van der Waals surface area contributed by atoms with Crippen molar-refractivity contribution in [2.75, 3.05) is 0 Å². The topological polar surface area (TPSA) is 50.7 Å². The molecular formula is C24H21ClN2O2. The predicted octanol–water partition coefficient (Wildman–Crippen LogP) is 5.74. The molecule has 29 heavy (non-hydrogen) atoms. The second-order valence-electron chi connectivity index (χ2n) is 6.41. The van der Waals surface area contributed by atoms with Crippen molar-refractivity contribution in [2.45, 2.75) is 13.5 Å². The molecule has 1 N–H and O–H groups in total. The Balaban J connectivity index is 1.62. The van der Waals surface area contributed by atoms with Crippen LogP contribution in [-0.4, -0.2) is 12.1 Å². The van der Waals surface area contributed by atoms with E-state index in [2.05, 4.69) is 10.5 Å². The minimum atomic E-state index is -0.333. The lowest BCUT2D eigenvalue weighted by Crippen LogP contribution is -2.18. The van der Waals surface area contributed by atoms with E-state index in [0.717, 1.165) is 16.7 Å². The van der Waals surface area contributed by atoms with E-state index in [-0.39, 0.29) is 5.91 Å². The van der Waals surface area contributed by atoms with Gasteiger partial charge in [0.25, 0.3) is 5.91 Å². The van der Waals surface area contributed by atoms with Gasteiger partial charge in [-0.05, 0) is 47.9 Å². The number of carbonyl (C=O) groups excluding carboxylic acids is 1. The normalized spacial score (nSPS) is 11.4. The van der Waals surface area contributed by atoms with Crippen LogP contribution >= 0.6 is 11.6 Å². The van der Waals surface area contributed by atoms with Crippen LogP contribution in [-0.2, 0) is 6.61 Å². The maximum atomic E-state index is 12.5. The second kappa shape index (κ2) is 10.2. The summed E-state index contributed by atoms with van der Waals surface area (Å²) in [6.07, 6.45) is 3.60. The Bertz CT molecular complexity index is 1010. The van der Waals surface area contributed by atoms with Crippen molar-refractivity contribution in [2.24, 2.45) is 5.10 Å². The minimum absolute atomic E-state index is 0.333. The third-order valence-electron chi connectivity index (χ3n) is 4.07. The lowest BCUT2D eigenvalue weighted by molar-refractivity contribution is 0.0950. The van der Waals surface area contributed by atoms with E-state index in [1.807, 2.05) is 61.5 Å². The van der Waals surface area contributed by atoms with Crippen molar-refractivity contribution in [3.8, 4) is 5.75 Å². The summed E-state index contributed by atoms with van der Waals surface area (Å²) in [6, 6.07) is 24.4. The molecule has 3 aromatic carbocycles. The summed E-state index contributed by atoms with van der Waals surface area (Å²) in [5.41, 5.74) is 5.93. The van der Waals surface area contributed by atoms with Crippen LogP contribution in [0.4, 0.5) is 0 Å². The van der Waals surface area contributed by atoms with Gasteiger partial charge in [-0.2, -0.15) is 5.10 Å². The third-order valence-corrected chi connectivity index (χ3v) is 4.32. The van der Waals surface area contributed by atoms with Crippen molar-refractivity contribution in [1.82, 2.24) is 5.43 Å². The number of hydrogen-bond donors (Lipinski definition) is 1. The van der Waals surface area contributed by atoms with Gasteiger partial charge in [0.05, 0.1) is 11.8 Å². The van der Waals surface area contributed by atoms with Crippen molar-refractivity contribution >= 4 is 29.8 Å². The molecule has 0 aromatic heterocycles. The first-order chi connectivity index (χ1) is 14.1. The van der Waals surface area contributed by atoms with Gasteiger partial charge in [0.1, 0.15) is 12.4 Å². The van der Waals surface area contributed by atoms with E-state index >= 15 is 0 Å². The molecule has 0 unspecified atom stereocenters. The third kappa shape index (κ3) is 6.33. The van der Waals surface area contributed by atoms with Crippen LogP contribution in [0.2, 0.25) is 5.02 Å². The van der Waals surface area contributed by atoms with E-state index in [1.165, 1.54) is 0 Å². The number of benzene rings is 3. The average Bonchev–Trinajstić information content (AvgIpc) is 2.74.